The smallest absolute Gasteiger partial charge is 0.321 e. The summed E-state index contributed by atoms with van der Waals surface area (Å²) >= 11 is 5.97. The van der Waals surface area contributed by atoms with Gasteiger partial charge in [0.15, 0.2) is 0 Å². The zero-order valence-electron chi connectivity index (χ0n) is 12.2. The first-order valence-corrected chi connectivity index (χ1v) is 7.85. The lowest BCUT2D eigenvalue weighted by Gasteiger charge is -2.29. The molecule has 1 aliphatic rings. The summed E-state index contributed by atoms with van der Waals surface area (Å²) in [5, 5.41) is 14.5. The van der Waals surface area contributed by atoms with Crippen molar-refractivity contribution in [2.24, 2.45) is 0 Å². The minimum atomic E-state index is -0.833. The van der Waals surface area contributed by atoms with Crippen LogP contribution in [0.5, 0.6) is 0 Å². The maximum absolute atomic E-state index is 11.6. The summed E-state index contributed by atoms with van der Waals surface area (Å²) in [7, 11) is 0. The quantitative estimate of drug-likeness (QED) is 0.675. The molecule has 4 rings (SSSR count). The lowest BCUT2D eigenvalue weighted by molar-refractivity contribution is -0.139. The van der Waals surface area contributed by atoms with Gasteiger partial charge in [-0.1, -0.05) is 41.9 Å². The Bertz CT molecular complexity index is 886. The second-order valence-electron chi connectivity index (χ2n) is 5.81. The molecule has 116 valence electrons. The van der Waals surface area contributed by atoms with Gasteiger partial charge < -0.3 is 10.1 Å². The first-order valence-electron chi connectivity index (χ1n) is 7.47. The normalized spacial score (nSPS) is 20.4. The van der Waals surface area contributed by atoms with Crippen molar-refractivity contribution in [2.45, 2.75) is 18.5 Å². The highest BCUT2D eigenvalue weighted by Crippen LogP contribution is 2.35. The lowest BCUT2D eigenvalue weighted by atomic mass is 9.90. The average Bonchev–Trinajstić information content (AvgIpc) is 2.93. The van der Waals surface area contributed by atoms with E-state index in [1.165, 1.54) is 0 Å². The molecule has 0 bridgehead atoms. The van der Waals surface area contributed by atoms with Crippen LogP contribution in [0.15, 0.2) is 48.5 Å². The van der Waals surface area contributed by atoms with Crippen molar-refractivity contribution in [3.05, 3.63) is 70.4 Å². The number of aliphatic carboxylic acids is 1. The van der Waals surface area contributed by atoms with Crippen molar-refractivity contribution in [2.75, 3.05) is 0 Å². The van der Waals surface area contributed by atoms with Gasteiger partial charge in [0.1, 0.15) is 6.04 Å². The molecule has 2 heterocycles. The molecule has 0 saturated carbocycles. The van der Waals surface area contributed by atoms with Crippen molar-refractivity contribution in [3.8, 4) is 0 Å². The van der Waals surface area contributed by atoms with Gasteiger partial charge in [-0.15, -0.1) is 0 Å². The Labute approximate surface area is 138 Å². The highest BCUT2D eigenvalue weighted by molar-refractivity contribution is 6.30. The predicted octanol–water partition coefficient (Wildman–Crippen LogP) is 3.51. The first-order chi connectivity index (χ1) is 11.1. The van der Waals surface area contributed by atoms with Crippen LogP contribution in [0.4, 0.5) is 0 Å². The van der Waals surface area contributed by atoms with Crippen molar-refractivity contribution in [3.63, 3.8) is 0 Å². The van der Waals surface area contributed by atoms with Crippen LogP contribution >= 0.6 is 11.6 Å². The Balaban J connectivity index is 1.89. The van der Waals surface area contributed by atoms with Gasteiger partial charge in [0, 0.05) is 28.0 Å². The highest BCUT2D eigenvalue weighted by Gasteiger charge is 2.33. The van der Waals surface area contributed by atoms with E-state index in [-0.39, 0.29) is 6.04 Å². The number of hydrogen-bond donors (Lipinski definition) is 3. The number of benzene rings is 2. The molecule has 4 nitrogen and oxygen atoms in total. The van der Waals surface area contributed by atoms with Crippen molar-refractivity contribution in [1.82, 2.24) is 10.3 Å². The fraction of sp³-hybridized carbons (Fsp3) is 0.167. The molecular formula is C18H15ClN2O2. The number of halogens is 1. The Morgan fingerprint density at radius 3 is 2.61 bits per heavy atom. The molecule has 1 aromatic heterocycles. The number of para-hydroxylation sites is 1. The minimum absolute atomic E-state index is 0.190. The van der Waals surface area contributed by atoms with Gasteiger partial charge in [-0.05, 0) is 29.3 Å². The fourth-order valence-electron chi connectivity index (χ4n) is 3.31. The molecule has 1 unspecified atom stereocenters. The highest BCUT2D eigenvalue weighted by atomic mass is 35.5. The minimum Gasteiger partial charge on any atom is -0.480 e. The zero-order valence-corrected chi connectivity index (χ0v) is 13.0. The van der Waals surface area contributed by atoms with Crippen LogP contribution in [0.1, 0.15) is 22.9 Å². The maximum Gasteiger partial charge on any atom is 0.321 e. The number of carbonyl (C=O) groups is 1. The Hall–Kier alpha value is -2.30. The molecule has 0 radical (unpaired) electrons. The summed E-state index contributed by atoms with van der Waals surface area (Å²) < 4.78 is 0. The second kappa shape index (κ2) is 5.41. The fourth-order valence-corrected chi connectivity index (χ4v) is 3.44. The summed E-state index contributed by atoms with van der Waals surface area (Å²) in [5.41, 5.74) is 4.13. The van der Waals surface area contributed by atoms with Gasteiger partial charge in [0.2, 0.25) is 0 Å². The predicted molar refractivity (Wildman–Crippen MR) is 89.9 cm³/mol. The van der Waals surface area contributed by atoms with Crippen LogP contribution in [-0.2, 0) is 11.2 Å². The maximum atomic E-state index is 11.6. The number of nitrogens with one attached hydrogen (secondary N) is 2. The first kappa shape index (κ1) is 14.3. The Morgan fingerprint density at radius 1 is 1.13 bits per heavy atom. The van der Waals surface area contributed by atoms with Crippen LogP contribution in [0.3, 0.4) is 0 Å². The molecule has 0 amide bonds. The van der Waals surface area contributed by atoms with Crippen molar-refractivity contribution >= 4 is 28.5 Å². The molecule has 1 aliphatic heterocycles. The standard InChI is InChI=1S/C18H15ClN2O2/c19-11-7-5-10(6-8-11)16-17-13(9-15(21-16)18(22)23)12-3-1-2-4-14(12)20-17/h1-8,15-16,20-21H,9H2,(H,22,23)/t15-,16?/m0/s1. The molecule has 0 saturated heterocycles. The summed E-state index contributed by atoms with van der Waals surface area (Å²) in [6, 6.07) is 14.7. The number of hydrogen-bond acceptors (Lipinski definition) is 2. The Kier molecular flexibility index (Phi) is 3.36. The zero-order chi connectivity index (χ0) is 16.0. The van der Waals surface area contributed by atoms with Crippen molar-refractivity contribution in [1.29, 1.82) is 0 Å². The van der Waals surface area contributed by atoms with E-state index in [9.17, 15) is 9.90 Å². The number of carboxylic acid groups (broad SMARTS) is 1. The topological polar surface area (TPSA) is 65.1 Å². The van der Waals surface area contributed by atoms with Gasteiger partial charge in [0.05, 0.1) is 6.04 Å². The number of H-pyrrole nitrogens is 1. The molecule has 23 heavy (non-hydrogen) atoms. The number of aromatic amines is 1. The summed E-state index contributed by atoms with van der Waals surface area (Å²) in [6.45, 7) is 0. The van der Waals surface area contributed by atoms with Gasteiger partial charge >= 0.3 is 5.97 Å². The SMILES string of the molecule is O=C(O)[C@@H]1Cc2c([nH]c3ccccc23)C(c2ccc(Cl)cc2)N1. The molecule has 2 atom stereocenters. The van der Waals surface area contributed by atoms with E-state index in [0.717, 1.165) is 27.7 Å². The van der Waals surface area contributed by atoms with Gasteiger partial charge in [-0.3, -0.25) is 10.1 Å². The molecule has 3 N–H and O–H groups in total. The van der Waals surface area contributed by atoms with Crippen molar-refractivity contribution < 1.29 is 9.90 Å². The average molecular weight is 327 g/mol. The number of aromatic nitrogens is 1. The molecule has 0 spiro atoms. The van der Waals surface area contributed by atoms with Gasteiger partial charge in [0.25, 0.3) is 0 Å². The third-order valence-corrected chi connectivity index (χ3v) is 4.66. The number of rotatable bonds is 2. The third kappa shape index (κ3) is 2.40. The van der Waals surface area contributed by atoms with Crippen LogP contribution in [0.2, 0.25) is 5.02 Å². The molecule has 0 fully saturated rings. The van der Waals surface area contributed by atoms with E-state index >= 15 is 0 Å². The summed E-state index contributed by atoms with van der Waals surface area (Å²) in [6.07, 6.45) is 0.471. The van der Waals surface area contributed by atoms with E-state index in [1.54, 1.807) is 0 Å². The molecule has 0 aliphatic carbocycles. The van der Waals surface area contributed by atoms with E-state index < -0.39 is 12.0 Å². The number of fused-ring (bicyclic) bond motifs is 3. The second-order valence-corrected chi connectivity index (χ2v) is 6.25. The Morgan fingerprint density at radius 2 is 1.87 bits per heavy atom. The molecule has 5 heteroatoms. The van der Waals surface area contributed by atoms with Gasteiger partial charge in [-0.2, -0.15) is 0 Å². The van der Waals surface area contributed by atoms with Crippen LogP contribution in [0.25, 0.3) is 10.9 Å². The van der Waals surface area contributed by atoms with E-state index in [1.807, 2.05) is 48.5 Å². The summed E-state index contributed by atoms with van der Waals surface area (Å²) in [5.74, 6) is -0.833. The number of carboxylic acids is 1. The van der Waals surface area contributed by atoms with Crippen LogP contribution < -0.4 is 5.32 Å². The third-order valence-electron chi connectivity index (χ3n) is 4.41. The largest absolute Gasteiger partial charge is 0.480 e. The molecule has 2 aromatic carbocycles. The van der Waals surface area contributed by atoms with Gasteiger partial charge in [-0.25, -0.2) is 0 Å². The van der Waals surface area contributed by atoms with E-state index in [2.05, 4.69) is 10.3 Å². The molecular weight excluding hydrogens is 312 g/mol. The summed E-state index contributed by atoms with van der Waals surface area (Å²) in [4.78, 5) is 15.0. The van der Waals surface area contributed by atoms with E-state index in [0.29, 0.717) is 11.4 Å². The van der Waals surface area contributed by atoms with Crippen LogP contribution in [0, 0.1) is 0 Å². The lowest BCUT2D eigenvalue weighted by Crippen LogP contribution is -2.44. The van der Waals surface area contributed by atoms with Crippen LogP contribution in [-0.4, -0.2) is 22.1 Å². The van der Waals surface area contributed by atoms with E-state index in [4.69, 9.17) is 11.6 Å². The molecule has 3 aromatic rings. The monoisotopic (exact) mass is 326 g/mol.